The Labute approximate surface area is 97.0 Å². The van der Waals surface area contributed by atoms with Crippen molar-refractivity contribution in [3.05, 3.63) is 0 Å². The van der Waals surface area contributed by atoms with E-state index in [4.69, 9.17) is 5.73 Å². The van der Waals surface area contributed by atoms with Crippen LogP contribution in [0.3, 0.4) is 0 Å². The lowest BCUT2D eigenvalue weighted by atomic mass is 10.0. The topological polar surface area (TPSA) is 101 Å². The summed E-state index contributed by atoms with van der Waals surface area (Å²) in [5.41, 5.74) is 5.49. The standard InChI is InChI=1S/C9H21N3O3S/c1-7(2)4-8(5-10)12-9(13)6-16(14,15)11-3/h7-8,11H,4-6,10H2,1-3H3,(H,12,13). The third-order valence-corrected chi connectivity index (χ3v) is 3.30. The third-order valence-electron chi connectivity index (χ3n) is 2.04. The largest absolute Gasteiger partial charge is 0.351 e. The van der Waals surface area contributed by atoms with E-state index >= 15 is 0 Å². The fourth-order valence-electron chi connectivity index (χ4n) is 1.30. The summed E-state index contributed by atoms with van der Waals surface area (Å²) in [6.45, 7) is 4.34. The zero-order valence-electron chi connectivity index (χ0n) is 9.99. The number of carbonyl (C=O) groups excluding carboxylic acids is 1. The van der Waals surface area contributed by atoms with Crippen molar-refractivity contribution in [2.45, 2.75) is 26.3 Å². The Hall–Kier alpha value is -0.660. The summed E-state index contributed by atoms with van der Waals surface area (Å²) >= 11 is 0. The lowest BCUT2D eigenvalue weighted by Crippen LogP contribution is -2.44. The van der Waals surface area contributed by atoms with Crippen LogP contribution in [-0.4, -0.2) is 39.7 Å². The number of sulfonamides is 1. The molecule has 0 radical (unpaired) electrons. The van der Waals surface area contributed by atoms with E-state index in [1.54, 1.807) is 0 Å². The molecule has 0 bridgehead atoms. The van der Waals surface area contributed by atoms with E-state index in [2.05, 4.69) is 10.0 Å². The summed E-state index contributed by atoms with van der Waals surface area (Å²) < 4.78 is 24.3. The average Bonchev–Trinajstić information content (AvgIpc) is 2.15. The summed E-state index contributed by atoms with van der Waals surface area (Å²) in [5, 5.41) is 2.61. The van der Waals surface area contributed by atoms with Gasteiger partial charge in [-0.1, -0.05) is 13.8 Å². The van der Waals surface area contributed by atoms with E-state index in [1.165, 1.54) is 7.05 Å². The van der Waals surface area contributed by atoms with Crippen LogP contribution in [0.1, 0.15) is 20.3 Å². The molecule has 6 nitrogen and oxygen atoms in total. The van der Waals surface area contributed by atoms with Gasteiger partial charge in [0.2, 0.25) is 15.9 Å². The minimum atomic E-state index is -3.50. The molecule has 0 rings (SSSR count). The molecule has 0 fully saturated rings. The zero-order valence-corrected chi connectivity index (χ0v) is 10.8. The molecule has 0 spiro atoms. The Balaban J connectivity index is 4.21. The van der Waals surface area contributed by atoms with Crippen molar-refractivity contribution < 1.29 is 13.2 Å². The first kappa shape index (κ1) is 15.3. The Kier molecular flexibility index (Phi) is 6.54. The van der Waals surface area contributed by atoms with E-state index in [-0.39, 0.29) is 6.04 Å². The quantitative estimate of drug-likeness (QED) is 0.541. The molecule has 0 heterocycles. The molecular weight excluding hydrogens is 230 g/mol. The fourth-order valence-corrected chi connectivity index (χ4v) is 1.87. The molecule has 1 unspecified atom stereocenters. The van der Waals surface area contributed by atoms with E-state index in [1.807, 2.05) is 13.8 Å². The lowest BCUT2D eigenvalue weighted by molar-refractivity contribution is -0.119. The summed E-state index contributed by atoms with van der Waals surface area (Å²) in [6, 6.07) is -0.167. The smallest absolute Gasteiger partial charge is 0.236 e. The Bertz CT molecular complexity index is 314. The second-order valence-electron chi connectivity index (χ2n) is 4.09. The summed E-state index contributed by atoms with van der Waals surface area (Å²) in [5.74, 6) is -0.682. The molecule has 0 aromatic rings. The highest BCUT2D eigenvalue weighted by Gasteiger charge is 2.17. The molecule has 0 aromatic heterocycles. The van der Waals surface area contributed by atoms with Crippen molar-refractivity contribution in [1.82, 2.24) is 10.0 Å². The van der Waals surface area contributed by atoms with Gasteiger partial charge in [-0.2, -0.15) is 0 Å². The second-order valence-corrected chi connectivity index (χ2v) is 6.02. The van der Waals surface area contributed by atoms with Gasteiger partial charge in [0.15, 0.2) is 0 Å². The first-order valence-corrected chi connectivity index (χ1v) is 6.86. The van der Waals surface area contributed by atoms with E-state index in [0.717, 1.165) is 6.42 Å². The number of hydrogen-bond acceptors (Lipinski definition) is 4. The highest BCUT2D eigenvalue weighted by Crippen LogP contribution is 2.03. The molecule has 96 valence electrons. The van der Waals surface area contributed by atoms with Gasteiger partial charge < -0.3 is 11.1 Å². The van der Waals surface area contributed by atoms with Crippen molar-refractivity contribution in [3.8, 4) is 0 Å². The average molecular weight is 251 g/mol. The Morgan fingerprint density at radius 1 is 1.38 bits per heavy atom. The Morgan fingerprint density at radius 2 is 1.94 bits per heavy atom. The third kappa shape index (κ3) is 6.76. The van der Waals surface area contributed by atoms with Crippen molar-refractivity contribution in [2.75, 3.05) is 19.3 Å². The molecule has 16 heavy (non-hydrogen) atoms. The normalized spacial score (nSPS) is 13.8. The minimum absolute atomic E-state index is 0.167. The second kappa shape index (κ2) is 6.82. The molecular formula is C9H21N3O3S. The van der Waals surface area contributed by atoms with E-state index < -0.39 is 21.7 Å². The monoisotopic (exact) mass is 251 g/mol. The molecule has 1 amide bonds. The number of carbonyl (C=O) groups is 1. The molecule has 0 saturated carbocycles. The molecule has 0 aliphatic rings. The molecule has 0 aliphatic heterocycles. The van der Waals surface area contributed by atoms with E-state index in [0.29, 0.717) is 12.5 Å². The molecule has 0 aromatic carbocycles. The lowest BCUT2D eigenvalue weighted by Gasteiger charge is -2.18. The van der Waals surface area contributed by atoms with E-state index in [9.17, 15) is 13.2 Å². The number of hydrogen-bond donors (Lipinski definition) is 3. The first-order valence-electron chi connectivity index (χ1n) is 5.21. The van der Waals surface area contributed by atoms with Crippen LogP contribution in [0.2, 0.25) is 0 Å². The van der Waals surface area contributed by atoms with Crippen molar-refractivity contribution >= 4 is 15.9 Å². The van der Waals surface area contributed by atoms with Gasteiger partial charge >= 0.3 is 0 Å². The van der Waals surface area contributed by atoms with Crippen LogP contribution in [0.15, 0.2) is 0 Å². The Morgan fingerprint density at radius 3 is 2.31 bits per heavy atom. The molecule has 4 N–H and O–H groups in total. The highest BCUT2D eigenvalue weighted by atomic mass is 32.2. The number of rotatable bonds is 7. The summed E-state index contributed by atoms with van der Waals surface area (Å²) in [4.78, 5) is 11.4. The number of amides is 1. The fraction of sp³-hybridized carbons (Fsp3) is 0.889. The maximum Gasteiger partial charge on any atom is 0.236 e. The van der Waals surface area contributed by atoms with Gasteiger partial charge in [0.05, 0.1) is 0 Å². The van der Waals surface area contributed by atoms with Gasteiger partial charge in [0, 0.05) is 12.6 Å². The minimum Gasteiger partial charge on any atom is -0.351 e. The SMILES string of the molecule is CNS(=O)(=O)CC(=O)NC(CN)CC(C)C. The van der Waals surface area contributed by atoms with Crippen LogP contribution in [0, 0.1) is 5.92 Å². The molecule has 0 aliphatic carbocycles. The zero-order chi connectivity index (χ0) is 12.8. The van der Waals surface area contributed by atoms with Gasteiger partial charge in [-0.05, 0) is 19.4 Å². The van der Waals surface area contributed by atoms with Crippen LogP contribution in [0.25, 0.3) is 0 Å². The van der Waals surface area contributed by atoms with Crippen LogP contribution < -0.4 is 15.8 Å². The van der Waals surface area contributed by atoms with Crippen molar-refractivity contribution in [3.63, 3.8) is 0 Å². The summed E-state index contributed by atoms with van der Waals surface area (Å²) in [6.07, 6.45) is 0.738. The van der Waals surface area contributed by atoms with Gasteiger partial charge in [0.1, 0.15) is 5.75 Å². The highest BCUT2D eigenvalue weighted by molar-refractivity contribution is 7.90. The molecule has 7 heteroatoms. The van der Waals surface area contributed by atoms with Crippen LogP contribution in [-0.2, 0) is 14.8 Å². The predicted molar refractivity (Wildman–Crippen MR) is 63.3 cm³/mol. The number of nitrogens with one attached hydrogen (secondary N) is 2. The maximum absolute atomic E-state index is 11.4. The molecule has 0 saturated heterocycles. The molecule has 1 atom stereocenters. The van der Waals surface area contributed by atoms with Gasteiger partial charge in [-0.3, -0.25) is 4.79 Å². The van der Waals surface area contributed by atoms with Gasteiger partial charge in [-0.15, -0.1) is 0 Å². The predicted octanol–water partition coefficient (Wildman–Crippen LogP) is -0.975. The van der Waals surface area contributed by atoms with Gasteiger partial charge in [-0.25, -0.2) is 13.1 Å². The summed E-state index contributed by atoms with van der Waals surface area (Å²) in [7, 11) is -2.23. The number of nitrogens with two attached hydrogens (primary N) is 1. The first-order chi connectivity index (χ1) is 7.30. The van der Waals surface area contributed by atoms with Crippen LogP contribution in [0.5, 0.6) is 0 Å². The van der Waals surface area contributed by atoms with Crippen molar-refractivity contribution in [2.24, 2.45) is 11.7 Å². The maximum atomic E-state index is 11.4. The van der Waals surface area contributed by atoms with Crippen LogP contribution in [0.4, 0.5) is 0 Å². The van der Waals surface area contributed by atoms with Gasteiger partial charge in [0.25, 0.3) is 0 Å². The van der Waals surface area contributed by atoms with Crippen molar-refractivity contribution in [1.29, 1.82) is 0 Å². The van der Waals surface area contributed by atoms with Crippen LogP contribution >= 0.6 is 0 Å².